The van der Waals surface area contributed by atoms with E-state index < -0.39 is 0 Å². The number of nitrogens with zero attached hydrogens (tertiary/aromatic N) is 1. The fraction of sp³-hybridized carbons (Fsp3) is 0.400. The van der Waals surface area contributed by atoms with Gasteiger partial charge in [-0.05, 0) is 29.9 Å². The standard InChI is InChI=1S/C15H19N3/c1-15(2)7-11(15)9-18-13-4-3-10-8-17-6-5-12(10)14(13)16/h3-6,8,11,18H,7,9,16H2,1-2H3. The summed E-state index contributed by atoms with van der Waals surface area (Å²) >= 11 is 0. The number of pyridine rings is 1. The van der Waals surface area contributed by atoms with Crippen LogP contribution in [-0.2, 0) is 0 Å². The summed E-state index contributed by atoms with van der Waals surface area (Å²) in [5.74, 6) is 0.769. The molecule has 0 spiro atoms. The summed E-state index contributed by atoms with van der Waals surface area (Å²) in [5, 5.41) is 5.64. The van der Waals surface area contributed by atoms with Crippen LogP contribution in [0, 0.1) is 11.3 Å². The van der Waals surface area contributed by atoms with Gasteiger partial charge in [0.1, 0.15) is 0 Å². The molecule has 1 heterocycles. The summed E-state index contributed by atoms with van der Waals surface area (Å²) < 4.78 is 0. The molecule has 3 nitrogen and oxygen atoms in total. The number of hydrogen-bond acceptors (Lipinski definition) is 3. The highest BCUT2D eigenvalue weighted by molar-refractivity contribution is 5.98. The zero-order chi connectivity index (χ0) is 12.8. The summed E-state index contributed by atoms with van der Waals surface area (Å²) in [7, 11) is 0. The topological polar surface area (TPSA) is 50.9 Å². The molecule has 18 heavy (non-hydrogen) atoms. The van der Waals surface area contributed by atoms with Gasteiger partial charge in [0.05, 0.1) is 11.4 Å². The fourth-order valence-electron chi connectivity index (χ4n) is 2.50. The SMILES string of the molecule is CC1(C)CC1CNc1ccc2cnccc2c1N. The average Bonchev–Trinajstić information content (AvgIpc) is 2.97. The fourth-order valence-corrected chi connectivity index (χ4v) is 2.50. The summed E-state index contributed by atoms with van der Waals surface area (Å²) in [6.07, 6.45) is 4.93. The van der Waals surface area contributed by atoms with Gasteiger partial charge in [-0.15, -0.1) is 0 Å². The molecule has 1 saturated carbocycles. The van der Waals surface area contributed by atoms with Crippen LogP contribution in [0.3, 0.4) is 0 Å². The third-order valence-corrected chi connectivity index (χ3v) is 4.12. The second-order valence-electron chi connectivity index (χ2n) is 5.89. The van der Waals surface area contributed by atoms with Crippen LogP contribution in [-0.4, -0.2) is 11.5 Å². The van der Waals surface area contributed by atoms with Gasteiger partial charge in [-0.2, -0.15) is 0 Å². The lowest BCUT2D eigenvalue weighted by Gasteiger charge is -2.12. The van der Waals surface area contributed by atoms with Crippen molar-refractivity contribution >= 4 is 22.1 Å². The van der Waals surface area contributed by atoms with E-state index in [0.717, 1.165) is 34.6 Å². The van der Waals surface area contributed by atoms with Crippen molar-refractivity contribution in [3.63, 3.8) is 0 Å². The highest BCUT2D eigenvalue weighted by Crippen LogP contribution is 2.51. The molecule has 0 saturated heterocycles. The van der Waals surface area contributed by atoms with E-state index in [4.69, 9.17) is 5.73 Å². The number of aromatic nitrogens is 1. The van der Waals surface area contributed by atoms with Crippen molar-refractivity contribution in [3.05, 3.63) is 30.6 Å². The number of rotatable bonds is 3. The Morgan fingerprint density at radius 3 is 2.89 bits per heavy atom. The van der Waals surface area contributed by atoms with Gasteiger partial charge in [-0.3, -0.25) is 4.98 Å². The van der Waals surface area contributed by atoms with Crippen LogP contribution in [0.25, 0.3) is 10.8 Å². The predicted octanol–water partition coefficient (Wildman–Crippen LogP) is 3.28. The van der Waals surface area contributed by atoms with Crippen LogP contribution in [0.2, 0.25) is 0 Å². The van der Waals surface area contributed by atoms with Gasteiger partial charge in [0, 0.05) is 29.7 Å². The van der Waals surface area contributed by atoms with E-state index in [1.165, 1.54) is 6.42 Å². The highest BCUT2D eigenvalue weighted by Gasteiger charge is 2.44. The summed E-state index contributed by atoms with van der Waals surface area (Å²) in [6, 6.07) is 6.09. The minimum Gasteiger partial charge on any atom is -0.397 e. The Labute approximate surface area is 107 Å². The van der Waals surface area contributed by atoms with E-state index in [1.807, 2.05) is 12.3 Å². The molecule has 0 amide bonds. The Bertz CT molecular complexity index is 589. The third-order valence-electron chi connectivity index (χ3n) is 4.12. The summed E-state index contributed by atoms with van der Waals surface area (Å²) in [6.45, 7) is 5.64. The third kappa shape index (κ3) is 1.90. The Hall–Kier alpha value is -1.77. The van der Waals surface area contributed by atoms with Crippen molar-refractivity contribution in [2.75, 3.05) is 17.6 Å². The van der Waals surface area contributed by atoms with Crippen LogP contribution in [0.1, 0.15) is 20.3 Å². The number of nitrogens with one attached hydrogen (secondary N) is 1. The largest absolute Gasteiger partial charge is 0.397 e. The second-order valence-corrected chi connectivity index (χ2v) is 5.89. The lowest BCUT2D eigenvalue weighted by Crippen LogP contribution is -2.09. The minimum absolute atomic E-state index is 0.503. The lowest BCUT2D eigenvalue weighted by atomic mass is 10.1. The average molecular weight is 241 g/mol. The maximum absolute atomic E-state index is 6.20. The zero-order valence-corrected chi connectivity index (χ0v) is 10.9. The van der Waals surface area contributed by atoms with Crippen LogP contribution in [0.5, 0.6) is 0 Å². The van der Waals surface area contributed by atoms with Crippen molar-refractivity contribution in [2.45, 2.75) is 20.3 Å². The molecule has 1 unspecified atom stereocenters. The maximum atomic E-state index is 6.20. The molecule has 0 aliphatic heterocycles. The second kappa shape index (κ2) is 3.87. The van der Waals surface area contributed by atoms with Gasteiger partial charge in [0.25, 0.3) is 0 Å². The first kappa shape index (κ1) is 11.3. The quantitative estimate of drug-likeness (QED) is 0.811. The molecule has 3 rings (SSSR count). The van der Waals surface area contributed by atoms with Crippen molar-refractivity contribution in [1.29, 1.82) is 0 Å². The number of benzene rings is 1. The first-order valence-electron chi connectivity index (χ1n) is 6.44. The van der Waals surface area contributed by atoms with Gasteiger partial charge in [-0.1, -0.05) is 19.9 Å². The minimum atomic E-state index is 0.503. The number of fused-ring (bicyclic) bond motifs is 1. The molecular weight excluding hydrogens is 222 g/mol. The van der Waals surface area contributed by atoms with E-state index in [-0.39, 0.29) is 0 Å². The lowest BCUT2D eigenvalue weighted by molar-refractivity contribution is 0.573. The molecule has 1 atom stereocenters. The molecule has 0 bridgehead atoms. The van der Waals surface area contributed by atoms with Crippen molar-refractivity contribution in [2.24, 2.45) is 11.3 Å². The van der Waals surface area contributed by atoms with Crippen molar-refractivity contribution in [3.8, 4) is 0 Å². The van der Waals surface area contributed by atoms with Gasteiger partial charge in [0.2, 0.25) is 0 Å². The van der Waals surface area contributed by atoms with Gasteiger partial charge >= 0.3 is 0 Å². The van der Waals surface area contributed by atoms with Crippen LogP contribution >= 0.6 is 0 Å². The number of hydrogen-bond donors (Lipinski definition) is 2. The Balaban J connectivity index is 1.82. The monoisotopic (exact) mass is 241 g/mol. The summed E-state index contributed by atoms with van der Waals surface area (Å²) in [4.78, 5) is 4.11. The van der Waals surface area contributed by atoms with Crippen LogP contribution in [0.4, 0.5) is 11.4 Å². The molecule has 1 fully saturated rings. The highest BCUT2D eigenvalue weighted by atomic mass is 14.9. The van der Waals surface area contributed by atoms with E-state index in [2.05, 4.69) is 36.3 Å². The molecule has 0 radical (unpaired) electrons. The number of nitrogens with two attached hydrogens (primary N) is 1. The molecule has 3 heteroatoms. The van der Waals surface area contributed by atoms with E-state index in [9.17, 15) is 0 Å². The van der Waals surface area contributed by atoms with E-state index in [0.29, 0.717) is 5.41 Å². The molecular formula is C15H19N3. The number of nitrogen functional groups attached to an aromatic ring is 1. The molecule has 94 valence electrons. The van der Waals surface area contributed by atoms with E-state index in [1.54, 1.807) is 6.20 Å². The van der Waals surface area contributed by atoms with Crippen LogP contribution in [0.15, 0.2) is 30.6 Å². The molecule has 3 N–H and O–H groups in total. The normalized spacial score (nSPS) is 20.9. The first-order valence-corrected chi connectivity index (χ1v) is 6.44. The van der Waals surface area contributed by atoms with Crippen molar-refractivity contribution < 1.29 is 0 Å². The van der Waals surface area contributed by atoms with E-state index >= 15 is 0 Å². The number of anilines is 2. The van der Waals surface area contributed by atoms with Gasteiger partial charge in [0.15, 0.2) is 0 Å². The zero-order valence-electron chi connectivity index (χ0n) is 10.9. The van der Waals surface area contributed by atoms with Crippen LogP contribution < -0.4 is 11.1 Å². The Morgan fingerprint density at radius 2 is 2.17 bits per heavy atom. The molecule has 1 aliphatic carbocycles. The molecule has 1 aromatic heterocycles. The van der Waals surface area contributed by atoms with Crippen molar-refractivity contribution in [1.82, 2.24) is 4.98 Å². The smallest absolute Gasteiger partial charge is 0.0630 e. The summed E-state index contributed by atoms with van der Waals surface area (Å²) in [5.41, 5.74) is 8.57. The van der Waals surface area contributed by atoms with Gasteiger partial charge < -0.3 is 11.1 Å². The Morgan fingerprint density at radius 1 is 1.39 bits per heavy atom. The van der Waals surface area contributed by atoms with Gasteiger partial charge in [-0.25, -0.2) is 0 Å². The molecule has 2 aromatic rings. The predicted molar refractivity (Wildman–Crippen MR) is 76.5 cm³/mol. The molecule has 1 aliphatic rings. The maximum Gasteiger partial charge on any atom is 0.0630 e. The Kier molecular flexibility index (Phi) is 2.44. The molecule has 1 aromatic carbocycles. The first-order chi connectivity index (χ1) is 8.58.